The van der Waals surface area contributed by atoms with Crippen molar-refractivity contribution >= 4 is 39.1 Å². The van der Waals surface area contributed by atoms with E-state index in [2.05, 4.69) is 21.3 Å². The zero-order valence-corrected chi connectivity index (χ0v) is 21.0. The van der Waals surface area contributed by atoms with E-state index in [-0.39, 0.29) is 11.8 Å². The number of pyridine rings is 2. The molecule has 0 bridgehead atoms. The molecule has 0 radical (unpaired) electrons. The van der Waals surface area contributed by atoms with E-state index in [9.17, 15) is 9.59 Å². The quantitative estimate of drug-likeness (QED) is 0.443. The highest BCUT2D eigenvalue weighted by atomic mass is 32.1. The largest absolute Gasteiger partial charge is 0.465 e. The minimum atomic E-state index is -0.443. The molecule has 2 aliphatic rings. The van der Waals surface area contributed by atoms with Gasteiger partial charge in [-0.3, -0.25) is 14.7 Å². The van der Waals surface area contributed by atoms with Gasteiger partial charge in [0.2, 0.25) is 5.91 Å². The number of nitrogens with zero attached hydrogens (tertiary/aromatic N) is 3. The predicted octanol–water partition coefficient (Wildman–Crippen LogP) is 5.72. The van der Waals surface area contributed by atoms with Gasteiger partial charge in [-0.25, -0.2) is 9.78 Å². The molecular weight excluding hydrogens is 460 g/mol. The summed E-state index contributed by atoms with van der Waals surface area (Å²) in [5, 5.41) is 3.86. The van der Waals surface area contributed by atoms with Crippen LogP contribution in [0.4, 0.5) is 5.69 Å². The Bertz CT molecular complexity index is 1190. The average molecular weight is 493 g/mol. The molecule has 0 spiro atoms. The summed E-state index contributed by atoms with van der Waals surface area (Å²) >= 11 is 1.29. The maximum absolute atomic E-state index is 13.0. The van der Waals surface area contributed by atoms with Gasteiger partial charge in [0.25, 0.3) is 0 Å². The van der Waals surface area contributed by atoms with E-state index in [0.29, 0.717) is 16.6 Å². The number of methoxy groups -OCH3 is 1. The van der Waals surface area contributed by atoms with Gasteiger partial charge in [-0.15, -0.1) is 11.3 Å². The van der Waals surface area contributed by atoms with Crippen molar-refractivity contribution in [1.29, 1.82) is 0 Å². The van der Waals surface area contributed by atoms with Gasteiger partial charge >= 0.3 is 5.97 Å². The van der Waals surface area contributed by atoms with Crippen LogP contribution < -0.4 is 5.32 Å². The van der Waals surface area contributed by atoms with E-state index in [0.717, 1.165) is 61.1 Å². The van der Waals surface area contributed by atoms with Crippen LogP contribution in [0, 0.1) is 5.92 Å². The summed E-state index contributed by atoms with van der Waals surface area (Å²) < 4.78 is 5.03. The molecule has 2 fully saturated rings. The fourth-order valence-corrected chi connectivity index (χ4v) is 6.46. The van der Waals surface area contributed by atoms with Crippen molar-refractivity contribution in [1.82, 2.24) is 14.9 Å². The Morgan fingerprint density at radius 1 is 1.11 bits per heavy atom. The number of aromatic nitrogens is 2. The summed E-state index contributed by atoms with van der Waals surface area (Å²) in [5.41, 5.74) is 2.74. The van der Waals surface area contributed by atoms with Gasteiger partial charge in [0.1, 0.15) is 9.71 Å². The van der Waals surface area contributed by atoms with Gasteiger partial charge in [0.15, 0.2) is 0 Å². The van der Waals surface area contributed by atoms with E-state index >= 15 is 0 Å². The van der Waals surface area contributed by atoms with E-state index in [1.807, 2.05) is 30.6 Å². The van der Waals surface area contributed by atoms with Crippen molar-refractivity contribution in [3.8, 4) is 0 Å². The number of carbonyl (C=O) groups excluding carboxylic acids is 2. The standard InChI is InChI=1S/C27H32N4O3S/c1-34-27(33)24-23(30-25(32)18-8-3-2-4-9-18)21-13-12-20(29-26(21)35-24)17-31-15-6-5-11-22(31)19-10-7-14-28-16-19/h7,10,12-14,16,18,22H,2-6,8-9,11,15,17H2,1H3,(H,30,32)/t22-/m0/s1. The molecule has 1 atom stereocenters. The molecule has 184 valence electrons. The predicted molar refractivity (Wildman–Crippen MR) is 137 cm³/mol. The first-order valence-corrected chi connectivity index (χ1v) is 13.4. The zero-order chi connectivity index (χ0) is 24.2. The molecule has 35 heavy (non-hydrogen) atoms. The van der Waals surface area contributed by atoms with Crippen molar-refractivity contribution in [2.24, 2.45) is 5.92 Å². The minimum Gasteiger partial charge on any atom is -0.465 e. The Hall–Kier alpha value is -2.84. The normalized spacial score (nSPS) is 19.5. The van der Waals surface area contributed by atoms with E-state index in [4.69, 9.17) is 9.72 Å². The lowest BCUT2D eigenvalue weighted by molar-refractivity contribution is -0.120. The highest BCUT2D eigenvalue weighted by Crippen LogP contribution is 2.37. The number of rotatable bonds is 6. The van der Waals surface area contributed by atoms with Crippen molar-refractivity contribution in [3.05, 3.63) is 52.8 Å². The fourth-order valence-electron chi connectivity index (χ4n) is 5.39. The monoisotopic (exact) mass is 492 g/mol. The number of amides is 1. The number of likely N-dealkylation sites (tertiary alicyclic amines) is 1. The highest BCUT2D eigenvalue weighted by molar-refractivity contribution is 7.21. The molecule has 0 unspecified atom stereocenters. The molecule has 1 saturated carbocycles. The number of hydrogen-bond donors (Lipinski definition) is 1. The van der Waals surface area contributed by atoms with Crippen molar-refractivity contribution in [2.45, 2.75) is 64.0 Å². The van der Waals surface area contributed by atoms with E-state index < -0.39 is 5.97 Å². The lowest BCUT2D eigenvalue weighted by Gasteiger charge is -2.35. The number of carbonyl (C=O) groups is 2. The number of esters is 1. The van der Waals surface area contributed by atoms with Crippen molar-refractivity contribution in [2.75, 3.05) is 19.0 Å². The van der Waals surface area contributed by atoms with Crippen LogP contribution in [0.25, 0.3) is 10.2 Å². The molecule has 8 heteroatoms. The van der Waals surface area contributed by atoms with Crippen LogP contribution in [-0.2, 0) is 16.1 Å². The summed E-state index contributed by atoms with van der Waals surface area (Å²) in [5.74, 6) is -0.452. The molecule has 0 aromatic carbocycles. The molecule has 1 saturated heterocycles. The van der Waals surface area contributed by atoms with Gasteiger partial charge in [-0.1, -0.05) is 31.7 Å². The van der Waals surface area contributed by atoms with Crippen LogP contribution in [0.15, 0.2) is 36.7 Å². The maximum atomic E-state index is 13.0. The fraction of sp³-hybridized carbons (Fsp3) is 0.481. The molecule has 1 N–H and O–H groups in total. The Morgan fingerprint density at radius 3 is 2.71 bits per heavy atom. The van der Waals surface area contributed by atoms with Gasteiger partial charge in [0.05, 0.1) is 18.5 Å². The van der Waals surface area contributed by atoms with Crippen LogP contribution in [-0.4, -0.2) is 40.4 Å². The average Bonchev–Trinajstić information content (AvgIpc) is 3.27. The molecule has 1 aliphatic carbocycles. The third-order valence-electron chi connectivity index (χ3n) is 7.26. The number of fused-ring (bicyclic) bond motifs is 1. The first kappa shape index (κ1) is 23.9. The number of piperidine rings is 1. The Morgan fingerprint density at radius 2 is 1.94 bits per heavy atom. The van der Waals surface area contributed by atoms with Crippen molar-refractivity contribution in [3.63, 3.8) is 0 Å². The second-order valence-corrected chi connectivity index (χ2v) is 10.5. The topological polar surface area (TPSA) is 84.4 Å². The first-order chi connectivity index (χ1) is 17.1. The molecule has 5 rings (SSSR count). The summed E-state index contributed by atoms with van der Waals surface area (Å²) in [7, 11) is 1.37. The number of hydrogen-bond acceptors (Lipinski definition) is 7. The first-order valence-electron chi connectivity index (χ1n) is 12.6. The Labute approximate surface area is 209 Å². The molecular formula is C27H32N4O3S. The van der Waals surface area contributed by atoms with Gasteiger partial charge in [-0.2, -0.15) is 0 Å². The number of anilines is 1. The molecule has 1 aliphatic heterocycles. The number of ether oxygens (including phenoxy) is 1. The molecule has 1 amide bonds. The molecule has 3 aromatic heterocycles. The third kappa shape index (κ3) is 5.23. The summed E-state index contributed by atoms with van der Waals surface area (Å²) in [6, 6.07) is 8.47. The lowest BCUT2D eigenvalue weighted by Crippen LogP contribution is -2.33. The molecule has 4 heterocycles. The maximum Gasteiger partial charge on any atom is 0.350 e. The second-order valence-electron chi connectivity index (χ2n) is 9.55. The van der Waals surface area contributed by atoms with E-state index in [1.54, 1.807) is 0 Å². The van der Waals surface area contributed by atoms with Crippen molar-refractivity contribution < 1.29 is 14.3 Å². The summed E-state index contributed by atoms with van der Waals surface area (Å²) in [4.78, 5) is 38.4. The van der Waals surface area contributed by atoms with Gasteiger partial charge in [0, 0.05) is 36.3 Å². The third-order valence-corrected chi connectivity index (χ3v) is 8.34. The van der Waals surface area contributed by atoms with Crippen LogP contribution in [0.3, 0.4) is 0 Å². The van der Waals surface area contributed by atoms with Gasteiger partial charge in [-0.05, 0) is 56.0 Å². The number of nitrogens with one attached hydrogen (secondary N) is 1. The zero-order valence-electron chi connectivity index (χ0n) is 20.2. The minimum absolute atomic E-state index is 0.0000550. The summed E-state index contributed by atoms with van der Waals surface area (Å²) in [6.07, 6.45) is 12.4. The van der Waals surface area contributed by atoms with E-state index in [1.165, 1.54) is 43.3 Å². The van der Waals surface area contributed by atoms with Gasteiger partial charge < -0.3 is 10.1 Å². The highest BCUT2D eigenvalue weighted by Gasteiger charge is 2.28. The van der Waals surface area contributed by atoms with Crippen LogP contribution in [0.2, 0.25) is 0 Å². The van der Waals surface area contributed by atoms with Crippen LogP contribution >= 0.6 is 11.3 Å². The van der Waals surface area contributed by atoms with Crippen LogP contribution in [0.5, 0.6) is 0 Å². The smallest absolute Gasteiger partial charge is 0.350 e. The molecule has 7 nitrogen and oxygen atoms in total. The molecule has 3 aromatic rings. The second kappa shape index (κ2) is 10.8. The van der Waals surface area contributed by atoms with Crippen LogP contribution in [0.1, 0.15) is 78.3 Å². The number of thiophene rings is 1. The summed E-state index contributed by atoms with van der Waals surface area (Å²) in [6.45, 7) is 1.74. The SMILES string of the molecule is COC(=O)c1sc2nc(CN3CCCC[C@H]3c3cccnc3)ccc2c1NC(=O)C1CCCCC1. The lowest BCUT2D eigenvalue weighted by atomic mass is 9.88. The Balaban J connectivity index is 1.41. The Kier molecular flexibility index (Phi) is 7.39.